The molecule has 2 nitrogen and oxygen atoms in total. The van der Waals surface area contributed by atoms with Crippen molar-refractivity contribution in [3.63, 3.8) is 0 Å². The summed E-state index contributed by atoms with van der Waals surface area (Å²) in [6, 6.07) is 87.5. The lowest BCUT2D eigenvalue weighted by molar-refractivity contribution is 0.590. The van der Waals surface area contributed by atoms with Crippen LogP contribution in [0.1, 0.15) is 74.9 Å². The topological polar surface area (TPSA) is 6.48 Å². The minimum Gasteiger partial charge on any atom is -0.308 e. The zero-order valence-corrected chi connectivity index (χ0v) is 44.8. The van der Waals surface area contributed by atoms with E-state index in [4.69, 9.17) is 0 Å². The van der Waals surface area contributed by atoms with Gasteiger partial charge in [0, 0.05) is 31.0 Å². The molecule has 3 aliphatic rings. The highest BCUT2D eigenvalue weighted by Gasteiger charge is 2.46. The van der Waals surface area contributed by atoms with Gasteiger partial charge in [-0.1, -0.05) is 199 Å². The maximum absolute atomic E-state index is 2.53. The Kier molecular flexibility index (Phi) is 10.5. The number of anilines is 6. The van der Waals surface area contributed by atoms with Crippen LogP contribution < -0.4 is 9.80 Å². The second kappa shape index (κ2) is 17.1. The summed E-state index contributed by atoms with van der Waals surface area (Å²) < 4.78 is 0. The van der Waals surface area contributed by atoms with Crippen LogP contribution in [0.5, 0.6) is 0 Å². The van der Waals surface area contributed by atoms with Crippen molar-refractivity contribution in [1.29, 1.82) is 0 Å². The fourth-order valence-electron chi connectivity index (χ4n) is 12.2. The highest BCUT2D eigenvalue weighted by atomic mass is 32.2. The molecular formula is C71H56N2S2. The molecule has 0 fully saturated rings. The maximum Gasteiger partial charge on any atom is 0.0714 e. The van der Waals surface area contributed by atoms with Gasteiger partial charge in [-0.25, -0.2) is 0 Å². The van der Waals surface area contributed by atoms with Crippen molar-refractivity contribution in [2.75, 3.05) is 9.80 Å². The van der Waals surface area contributed by atoms with Crippen LogP contribution in [0.2, 0.25) is 0 Å². The molecule has 362 valence electrons. The number of benzene rings is 11. The van der Waals surface area contributed by atoms with E-state index >= 15 is 0 Å². The third kappa shape index (κ3) is 7.32. The van der Waals surface area contributed by atoms with E-state index in [1.165, 1.54) is 131 Å². The van der Waals surface area contributed by atoms with E-state index in [0.717, 1.165) is 0 Å². The number of para-hydroxylation sites is 2. The summed E-state index contributed by atoms with van der Waals surface area (Å²) in [4.78, 5) is 9.89. The van der Waals surface area contributed by atoms with Gasteiger partial charge < -0.3 is 9.80 Å². The van der Waals surface area contributed by atoms with Crippen LogP contribution in [0.15, 0.2) is 250 Å². The van der Waals surface area contributed by atoms with Crippen LogP contribution in [-0.4, -0.2) is 0 Å². The molecule has 0 aromatic heterocycles. The molecule has 2 aliphatic heterocycles. The molecule has 0 saturated carbocycles. The molecule has 11 aromatic rings. The van der Waals surface area contributed by atoms with Crippen LogP contribution in [0.3, 0.4) is 0 Å². The van der Waals surface area contributed by atoms with Crippen LogP contribution in [-0.2, 0) is 16.2 Å². The second-order valence-electron chi connectivity index (χ2n) is 22.6. The molecule has 14 rings (SSSR count). The van der Waals surface area contributed by atoms with Crippen molar-refractivity contribution < 1.29 is 0 Å². The van der Waals surface area contributed by atoms with Crippen molar-refractivity contribution in [2.45, 2.75) is 77.4 Å². The SMILES string of the molecule is CC(C)(C)c1ccc(N2c3ccccc3Sc3cc(-c4cc5c6c(ccc7cc(-c8ccc9c(c8)Sc8ccccc8N9c8ccc(C(C)(C)C)cc8)cc(c76)C5(c5ccccc5)c5ccccc5)c4)ccc32)cc1. The Morgan fingerprint density at radius 2 is 0.693 bits per heavy atom. The van der Waals surface area contributed by atoms with E-state index in [9.17, 15) is 0 Å². The summed E-state index contributed by atoms with van der Waals surface area (Å²) in [6.07, 6.45) is 0. The number of nitrogens with zero attached hydrogens (tertiary/aromatic N) is 2. The Morgan fingerprint density at radius 3 is 1.09 bits per heavy atom. The summed E-state index contributed by atoms with van der Waals surface area (Å²) in [5.74, 6) is 0. The first kappa shape index (κ1) is 45.8. The third-order valence-corrected chi connectivity index (χ3v) is 18.2. The lowest BCUT2D eigenvalue weighted by atomic mass is 9.66. The summed E-state index contributed by atoms with van der Waals surface area (Å²) in [5, 5.41) is 5.19. The molecule has 4 heteroatoms. The summed E-state index contributed by atoms with van der Waals surface area (Å²) in [7, 11) is 0. The van der Waals surface area contributed by atoms with Gasteiger partial charge in [-0.2, -0.15) is 0 Å². The lowest BCUT2D eigenvalue weighted by Gasteiger charge is -2.35. The number of fused-ring (bicyclic) bond motifs is 4. The Labute approximate surface area is 449 Å². The van der Waals surface area contributed by atoms with Crippen molar-refractivity contribution in [3.05, 3.63) is 264 Å². The standard InChI is InChI=1S/C71H56N2S2/c1-69(2,3)51-29-33-55(34-30-51)72-59-21-13-15-23-63(59)74-65-43-45(27-37-61(65)72)49-39-47-25-26-48-40-50(42-58-68(48)67(47)57(41-49)71(58,53-17-9-7-10-18-53)54-19-11-8-12-20-54)46-28-38-62-66(44-46)75-64-24-16-14-22-60(64)73(62)56-35-31-52(32-36-56)70(4,5)6/h7-44H,1-6H3. The minimum absolute atomic E-state index is 0.0769. The molecule has 1 aliphatic carbocycles. The quantitative estimate of drug-likeness (QED) is 0.153. The second-order valence-corrected chi connectivity index (χ2v) is 24.7. The first-order chi connectivity index (χ1) is 36.4. The molecule has 0 radical (unpaired) electrons. The van der Waals surface area contributed by atoms with Crippen molar-refractivity contribution in [1.82, 2.24) is 0 Å². The van der Waals surface area contributed by atoms with E-state index in [1.807, 2.05) is 23.5 Å². The van der Waals surface area contributed by atoms with Crippen LogP contribution in [0.4, 0.5) is 34.1 Å². The monoisotopic (exact) mass is 1000 g/mol. The smallest absolute Gasteiger partial charge is 0.0714 e. The van der Waals surface area contributed by atoms with E-state index < -0.39 is 5.41 Å². The fourth-order valence-corrected chi connectivity index (χ4v) is 14.4. The van der Waals surface area contributed by atoms with Gasteiger partial charge in [0.1, 0.15) is 0 Å². The molecule has 0 bridgehead atoms. The van der Waals surface area contributed by atoms with Gasteiger partial charge in [0.15, 0.2) is 0 Å². The summed E-state index contributed by atoms with van der Waals surface area (Å²) in [6.45, 7) is 13.7. The molecule has 0 atom stereocenters. The Hall–Kier alpha value is -7.76. The third-order valence-electron chi connectivity index (χ3n) is 16.0. The fraction of sp³-hybridized carbons (Fsp3) is 0.127. The van der Waals surface area contributed by atoms with Crippen LogP contribution >= 0.6 is 23.5 Å². The van der Waals surface area contributed by atoms with Gasteiger partial charge in [-0.05, 0) is 185 Å². The van der Waals surface area contributed by atoms with Gasteiger partial charge in [-0.3, -0.25) is 0 Å². The van der Waals surface area contributed by atoms with E-state index in [0.29, 0.717) is 0 Å². The van der Waals surface area contributed by atoms with Crippen molar-refractivity contribution in [2.24, 2.45) is 0 Å². The Morgan fingerprint density at radius 1 is 0.320 bits per heavy atom. The largest absolute Gasteiger partial charge is 0.308 e. The molecule has 75 heavy (non-hydrogen) atoms. The van der Waals surface area contributed by atoms with Gasteiger partial charge in [0.05, 0.1) is 28.2 Å². The number of hydrogen-bond acceptors (Lipinski definition) is 4. The van der Waals surface area contributed by atoms with Gasteiger partial charge in [0.2, 0.25) is 0 Å². The Balaban J connectivity index is 0.929. The summed E-state index contributed by atoms with van der Waals surface area (Å²) >= 11 is 3.74. The highest BCUT2D eigenvalue weighted by Crippen LogP contribution is 2.59. The molecule has 0 N–H and O–H groups in total. The maximum atomic E-state index is 2.53. The van der Waals surface area contributed by atoms with Crippen molar-refractivity contribution >= 4 is 79.2 Å². The average molecular weight is 1000 g/mol. The minimum atomic E-state index is -0.593. The molecule has 2 heterocycles. The normalized spacial score (nSPS) is 14.2. The zero-order chi connectivity index (χ0) is 50.8. The van der Waals surface area contributed by atoms with Crippen LogP contribution in [0, 0.1) is 0 Å². The predicted octanol–water partition coefficient (Wildman–Crippen LogP) is 20.5. The number of hydrogen-bond donors (Lipinski definition) is 0. The van der Waals surface area contributed by atoms with E-state index in [-0.39, 0.29) is 10.8 Å². The molecule has 0 unspecified atom stereocenters. The zero-order valence-electron chi connectivity index (χ0n) is 43.2. The van der Waals surface area contributed by atoms with Gasteiger partial charge >= 0.3 is 0 Å². The van der Waals surface area contributed by atoms with Gasteiger partial charge in [-0.15, -0.1) is 0 Å². The first-order valence-corrected chi connectivity index (χ1v) is 27.9. The summed E-state index contributed by atoms with van der Waals surface area (Å²) in [5.41, 5.74) is 19.4. The molecule has 0 saturated heterocycles. The van der Waals surface area contributed by atoms with E-state index in [1.54, 1.807) is 0 Å². The first-order valence-electron chi connectivity index (χ1n) is 26.2. The van der Waals surface area contributed by atoms with E-state index in [2.05, 4.69) is 282 Å². The number of rotatable bonds is 6. The molecule has 0 spiro atoms. The lowest BCUT2D eigenvalue weighted by Crippen LogP contribution is -2.28. The molecular weight excluding hydrogens is 945 g/mol. The predicted molar refractivity (Wildman–Crippen MR) is 319 cm³/mol. The average Bonchev–Trinajstić information content (AvgIpc) is 3.76. The van der Waals surface area contributed by atoms with Crippen molar-refractivity contribution in [3.8, 4) is 22.3 Å². The highest BCUT2D eigenvalue weighted by molar-refractivity contribution is 8.00. The van der Waals surface area contributed by atoms with Gasteiger partial charge in [0.25, 0.3) is 0 Å². The molecule has 0 amide bonds. The molecule has 11 aromatic carbocycles. The van der Waals surface area contributed by atoms with Crippen LogP contribution in [0.25, 0.3) is 43.8 Å². The Bertz CT molecular complexity index is 3800.